The number of carboxylic acids is 1. The lowest BCUT2D eigenvalue weighted by molar-refractivity contribution is -0.302. The second-order valence-electron chi connectivity index (χ2n) is 30.5. The van der Waals surface area contributed by atoms with Crippen molar-refractivity contribution in [1.82, 2.24) is 0 Å². The first-order valence-corrected chi connectivity index (χ1v) is 45.1. The molecule has 12 saturated carbocycles. The quantitative estimate of drug-likeness (QED) is 0.183. The Morgan fingerprint density at radius 3 is 0.313 bits per heavy atom. The van der Waals surface area contributed by atoms with Gasteiger partial charge in [-0.2, -0.15) is 0 Å². The molecule has 0 aliphatic heterocycles. The largest absolute Gasteiger partial charge is 1.00 e. The van der Waals surface area contributed by atoms with E-state index in [0.717, 1.165) is 6.92 Å². The van der Waals surface area contributed by atoms with Gasteiger partial charge in [0, 0.05) is 37.7 Å². The van der Waals surface area contributed by atoms with Gasteiger partial charge in [0.05, 0.1) is 67.9 Å². The van der Waals surface area contributed by atoms with Crippen LogP contribution in [0.25, 0.3) is 0 Å². The van der Waals surface area contributed by atoms with Gasteiger partial charge < -0.3 is 24.0 Å². The van der Waals surface area contributed by atoms with Crippen LogP contribution < -0.4 is 19.2 Å². The number of hydrogen-bond acceptors (Lipinski definition) is 2. The van der Waals surface area contributed by atoms with Gasteiger partial charge in [0.2, 0.25) is 0 Å². The van der Waals surface area contributed by atoms with Crippen molar-refractivity contribution >= 4 is 37.7 Å². The molecule has 0 radical (unpaired) electrons. The number of carbonyl (C=O) groups is 1. The summed E-state index contributed by atoms with van der Waals surface area (Å²) < 4.78 is 0. The van der Waals surface area contributed by atoms with Crippen molar-refractivity contribution in [1.29, 1.82) is 0 Å². The Kier molecular flexibility index (Phi) is 40.0. The Hall–Kier alpha value is 0.980. The lowest BCUT2D eigenvalue weighted by Crippen LogP contribution is -3.00. The molecule has 0 bridgehead atoms. The molecule has 0 aromatic rings. The van der Waals surface area contributed by atoms with Crippen LogP contribution in [0, 0.1) is 0 Å². The molecular formula is C74H139F3O2P4. The zero-order valence-corrected chi connectivity index (χ0v) is 58.8. The molecule has 0 spiro atoms. The fourth-order valence-corrected chi connectivity index (χ4v) is 42.1. The lowest BCUT2D eigenvalue weighted by atomic mass is 9.99. The number of aliphatic carboxylic acids is 1. The molecule has 9 heteroatoms. The van der Waals surface area contributed by atoms with Crippen molar-refractivity contribution in [2.75, 3.05) is 0 Å². The molecule has 0 amide bonds. The standard InChI is InChI=1S/4C18H33P.C2H4O2.3FH/c4*1-4-10-16(11-5-1)19(17-12-6-2-7-13-17)18-14-8-3-9-15-18;1-2(3)4;;;/h4*16-18H,1-15H2;1H3,(H,3,4);3*1H. The van der Waals surface area contributed by atoms with Crippen molar-refractivity contribution in [2.45, 2.75) is 460 Å². The summed E-state index contributed by atoms with van der Waals surface area (Å²) in [7, 11) is -0.186. The Bertz CT molecular complexity index is 1150. The summed E-state index contributed by atoms with van der Waals surface area (Å²) in [5.74, 6) is -1.08. The summed E-state index contributed by atoms with van der Waals surface area (Å²) in [5.41, 5.74) is 14.7. The third kappa shape index (κ3) is 25.9. The maximum absolute atomic E-state index is 8.89. The van der Waals surface area contributed by atoms with Gasteiger partial charge in [0.15, 0.2) is 0 Å². The zero-order valence-electron chi connectivity index (χ0n) is 54.8. The van der Waals surface area contributed by atoms with E-state index in [-0.39, 0.29) is 45.8 Å². The predicted molar refractivity (Wildman–Crippen MR) is 366 cm³/mol. The van der Waals surface area contributed by atoms with Gasteiger partial charge in [0.25, 0.3) is 0 Å². The van der Waals surface area contributed by atoms with Gasteiger partial charge in [-0.25, -0.2) is 0 Å². The number of hydrogen-bond donors (Lipinski definition) is 0. The topological polar surface area (TPSA) is 40.1 Å². The van der Waals surface area contributed by atoms with Gasteiger partial charge in [-0.15, -0.1) is 0 Å². The minimum atomic E-state index is -1.08. The highest BCUT2D eigenvalue weighted by molar-refractivity contribution is 7.61. The molecule has 0 aromatic carbocycles. The summed E-state index contributed by atoms with van der Waals surface area (Å²) in [5, 5.41) is 8.89. The van der Waals surface area contributed by atoms with Crippen molar-refractivity contribution in [3.63, 3.8) is 0 Å². The molecule has 0 heterocycles. The maximum atomic E-state index is 8.89. The first-order valence-electron chi connectivity index (χ1n) is 38.2. The third-order valence-electron chi connectivity index (χ3n) is 24.9. The SMILES string of the molecule is C1CCC([PH+](C2CCCCC2)C2CCCCC2)CC1.C1CCC([PH+](C2CCCCC2)C2CCCCC2)CC1.C1CCC([PH+](C2CCCCC2)C2CCCCC2)CC1.C1CCC([PH+](C2CCCCC2)C2CCCCC2)CC1.CC(=O)[O-].[F-].[F-].[F-]. The van der Waals surface area contributed by atoms with E-state index in [9.17, 15) is 0 Å². The van der Waals surface area contributed by atoms with E-state index in [0.29, 0.717) is 0 Å². The molecule has 0 unspecified atom stereocenters. The van der Waals surface area contributed by atoms with Gasteiger partial charge in [-0.3, -0.25) is 0 Å². The summed E-state index contributed by atoms with van der Waals surface area (Å²) >= 11 is 0. The predicted octanol–water partition coefficient (Wildman–Crippen LogP) is 14.6. The van der Waals surface area contributed by atoms with Crippen molar-refractivity contribution < 1.29 is 24.0 Å². The molecule has 488 valence electrons. The monoisotopic (exact) mass is 1240 g/mol. The number of halogens is 3. The Labute approximate surface area is 518 Å². The molecular weight excluding hydrogens is 1100 g/mol. The van der Waals surface area contributed by atoms with Crippen LogP contribution in [0.2, 0.25) is 0 Å². The first-order chi connectivity index (χ1) is 39.5. The summed E-state index contributed by atoms with van der Waals surface area (Å²) in [6.45, 7) is 0.972. The zero-order chi connectivity index (χ0) is 55.2. The smallest absolute Gasteiger partial charge is 0.0680 e. The van der Waals surface area contributed by atoms with E-state index >= 15 is 0 Å². The molecule has 0 N–H and O–H groups in total. The Morgan fingerprint density at radius 2 is 0.253 bits per heavy atom. The van der Waals surface area contributed by atoms with Gasteiger partial charge >= 0.3 is 0 Å². The van der Waals surface area contributed by atoms with E-state index in [1.54, 1.807) is 385 Å². The molecule has 12 fully saturated rings. The van der Waals surface area contributed by atoms with Crippen LogP contribution in [0.5, 0.6) is 0 Å². The van der Waals surface area contributed by atoms with Gasteiger partial charge in [-0.1, -0.05) is 77.0 Å². The third-order valence-corrected chi connectivity index (χ3v) is 43.2. The highest BCUT2D eigenvalue weighted by Crippen LogP contribution is 2.65. The lowest BCUT2D eigenvalue weighted by Gasteiger charge is -2.38. The van der Waals surface area contributed by atoms with Crippen molar-refractivity contribution in [2.24, 2.45) is 0 Å². The molecule has 83 heavy (non-hydrogen) atoms. The molecule has 0 aromatic heterocycles. The second kappa shape index (κ2) is 44.5. The average Bonchev–Trinajstić information content (AvgIpc) is 3.62. The minimum Gasteiger partial charge on any atom is -1.00 e. The normalized spacial score (nSPS) is 26.8. The van der Waals surface area contributed by atoms with Crippen LogP contribution in [-0.4, -0.2) is 73.9 Å². The minimum absolute atomic E-state index is 0. The summed E-state index contributed by atoms with van der Waals surface area (Å²) in [6, 6.07) is 0. The molecule has 0 atom stereocenters. The molecule has 2 nitrogen and oxygen atoms in total. The molecule has 12 rings (SSSR count). The first kappa shape index (κ1) is 74.7. The number of carbonyl (C=O) groups excluding carboxylic acids is 1. The fourth-order valence-electron chi connectivity index (χ4n) is 21.2. The van der Waals surface area contributed by atoms with Crippen molar-refractivity contribution in [3.05, 3.63) is 0 Å². The number of rotatable bonds is 12. The van der Waals surface area contributed by atoms with E-state index in [1.165, 1.54) is 67.9 Å². The van der Waals surface area contributed by atoms with E-state index in [4.69, 9.17) is 9.90 Å². The molecule has 12 aliphatic rings. The average molecular weight is 1240 g/mol. The molecule has 12 aliphatic carbocycles. The second-order valence-corrected chi connectivity index (χ2v) is 44.3. The summed E-state index contributed by atoms with van der Waals surface area (Å²) in [4.78, 5) is 8.89. The molecule has 0 saturated heterocycles. The maximum Gasteiger partial charge on any atom is 0.0680 e. The van der Waals surface area contributed by atoms with Crippen LogP contribution in [0.3, 0.4) is 0 Å². The Morgan fingerprint density at radius 1 is 0.193 bits per heavy atom. The Balaban J connectivity index is 0.000000196. The van der Waals surface area contributed by atoms with Crippen LogP contribution in [0.4, 0.5) is 0 Å². The fraction of sp³-hybridized carbons (Fsp3) is 0.986. The van der Waals surface area contributed by atoms with Crippen LogP contribution in [0.1, 0.15) is 392 Å². The van der Waals surface area contributed by atoms with Gasteiger partial charge in [-0.05, 0) is 315 Å². The van der Waals surface area contributed by atoms with E-state index < -0.39 is 5.97 Å². The van der Waals surface area contributed by atoms with E-state index in [2.05, 4.69) is 0 Å². The summed E-state index contributed by atoms with van der Waals surface area (Å²) in [6.07, 6.45) is 95.2. The highest BCUT2D eigenvalue weighted by Gasteiger charge is 2.47. The van der Waals surface area contributed by atoms with Crippen LogP contribution in [-0.2, 0) is 4.79 Å². The van der Waals surface area contributed by atoms with Crippen LogP contribution in [0.15, 0.2) is 0 Å². The highest BCUT2D eigenvalue weighted by atomic mass is 31.1. The van der Waals surface area contributed by atoms with Gasteiger partial charge in [0.1, 0.15) is 0 Å². The van der Waals surface area contributed by atoms with Crippen LogP contribution >= 0.6 is 31.7 Å². The van der Waals surface area contributed by atoms with E-state index in [1.807, 2.05) is 0 Å². The number of carboxylic acid groups (broad SMARTS) is 1. The van der Waals surface area contributed by atoms with Crippen molar-refractivity contribution in [3.8, 4) is 0 Å².